The van der Waals surface area contributed by atoms with E-state index in [-0.39, 0.29) is 5.91 Å². The number of thiol groups is 1. The van der Waals surface area contributed by atoms with Gasteiger partial charge in [0.15, 0.2) is 0 Å². The van der Waals surface area contributed by atoms with Crippen LogP contribution in [-0.4, -0.2) is 5.91 Å². The zero-order chi connectivity index (χ0) is 11.5. The molecule has 1 N–H and O–H groups in total. The molecule has 84 valence electrons. The standard InChI is InChI=1S/C10H8BrNOS3/c11-6-1-8(15-4-6)3-12-10(13)9-2-7(14)5-16-9/h1-2,4-5,14H,3H2,(H,12,13). The number of hydrogen-bond donors (Lipinski definition) is 2. The summed E-state index contributed by atoms with van der Waals surface area (Å²) in [7, 11) is 0. The Morgan fingerprint density at radius 1 is 1.38 bits per heavy atom. The van der Waals surface area contributed by atoms with E-state index in [1.807, 2.05) is 16.8 Å². The second-order valence-corrected chi connectivity index (χ2v) is 6.42. The summed E-state index contributed by atoms with van der Waals surface area (Å²) in [6.07, 6.45) is 0. The van der Waals surface area contributed by atoms with Crippen molar-refractivity contribution >= 4 is 57.1 Å². The van der Waals surface area contributed by atoms with Gasteiger partial charge in [-0.15, -0.1) is 35.3 Å². The topological polar surface area (TPSA) is 29.1 Å². The molecule has 2 rings (SSSR count). The molecule has 0 spiro atoms. The monoisotopic (exact) mass is 333 g/mol. The lowest BCUT2D eigenvalue weighted by molar-refractivity contribution is 0.0955. The van der Waals surface area contributed by atoms with Crippen molar-refractivity contribution < 1.29 is 4.79 Å². The van der Waals surface area contributed by atoms with Crippen molar-refractivity contribution in [2.45, 2.75) is 11.4 Å². The van der Waals surface area contributed by atoms with Gasteiger partial charge in [-0.05, 0) is 28.1 Å². The third kappa shape index (κ3) is 3.10. The molecule has 1 amide bonds. The fourth-order valence-electron chi connectivity index (χ4n) is 1.15. The second kappa shape index (κ2) is 5.35. The molecule has 0 aromatic carbocycles. The van der Waals surface area contributed by atoms with Gasteiger partial charge in [0.2, 0.25) is 0 Å². The fraction of sp³-hybridized carbons (Fsp3) is 0.100. The number of halogens is 1. The van der Waals surface area contributed by atoms with Crippen LogP contribution in [0.2, 0.25) is 0 Å². The Hall–Kier alpha value is -0.300. The van der Waals surface area contributed by atoms with E-state index >= 15 is 0 Å². The zero-order valence-electron chi connectivity index (χ0n) is 8.07. The van der Waals surface area contributed by atoms with Crippen LogP contribution in [-0.2, 0) is 6.54 Å². The Morgan fingerprint density at radius 2 is 2.19 bits per heavy atom. The fourth-order valence-corrected chi connectivity index (χ4v) is 3.60. The van der Waals surface area contributed by atoms with Crippen molar-refractivity contribution in [3.63, 3.8) is 0 Å². The first kappa shape index (κ1) is 12.2. The van der Waals surface area contributed by atoms with E-state index in [0.717, 1.165) is 14.2 Å². The highest BCUT2D eigenvalue weighted by atomic mass is 79.9. The molecule has 0 aliphatic carbocycles. The molecule has 2 heterocycles. The van der Waals surface area contributed by atoms with Crippen molar-refractivity contribution in [1.29, 1.82) is 0 Å². The average Bonchev–Trinajstić information content (AvgIpc) is 2.84. The smallest absolute Gasteiger partial charge is 0.261 e. The summed E-state index contributed by atoms with van der Waals surface area (Å²) >= 11 is 10.6. The Bertz CT molecular complexity index is 506. The van der Waals surface area contributed by atoms with Crippen LogP contribution in [0, 0.1) is 0 Å². The molecule has 0 saturated carbocycles. The van der Waals surface area contributed by atoms with Gasteiger partial charge in [0.1, 0.15) is 0 Å². The van der Waals surface area contributed by atoms with Crippen molar-refractivity contribution in [1.82, 2.24) is 5.32 Å². The minimum Gasteiger partial charge on any atom is -0.346 e. The van der Waals surface area contributed by atoms with Crippen LogP contribution in [0.5, 0.6) is 0 Å². The lowest BCUT2D eigenvalue weighted by Crippen LogP contribution is -2.21. The Balaban J connectivity index is 1.93. The Kier molecular flexibility index (Phi) is 4.07. The first-order chi connectivity index (χ1) is 7.65. The van der Waals surface area contributed by atoms with Crippen LogP contribution >= 0.6 is 51.2 Å². The Morgan fingerprint density at radius 3 is 2.75 bits per heavy atom. The SMILES string of the molecule is O=C(NCc1cc(Br)cs1)c1cc(S)cs1. The number of rotatable bonds is 3. The molecule has 0 unspecified atom stereocenters. The average molecular weight is 334 g/mol. The maximum Gasteiger partial charge on any atom is 0.261 e. The molecule has 16 heavy (non-hydrogen) atoms. The molecular formula is C10H8BrNOS3. The summed E-state index contributed by atoms with van der Waals surface area (Å²) < 4.78 is 1.05. The first-order valence-corrected chi connectivity index (χ1v) is 7.44. The van der Waals surface area contributed by atoms with Crippen molar-refractivity contribution in [2.24, 2.45) is 0 Å². The number of carbonyl (C=O) groups is 1. The van der Waals surface area contributed by atoms with Gasteiger partial charge >= 0.3 is 0 Å². The predicted molar refractivity (Wildman–Crippen MR) is 74.8 cm³/mol. The van der Waals surface area contributed by atoms with E-state index in [0.29, 0.717) is 11.4 Å². The summed E-state index contributed by atoms with van der Waals surface area (Å²) in [5.74, 6) is -0.0465. The summed E-state index contributed by atoms with van der Waals surface area (Å²) in [5, 5.41) is 6.71. The van der Waals surface area contributed by atoms with Gasteiger partial charge in [0.25, 0.3) is 5.91 Å². The maximum absolute atomic E-state index is 11.7. The zero-order valence-corrected chi connectivity index (χ0v) is 12.2. The van der Waals surface area contributed by atoms with Crippen LogP contribution < -0.4 is 5.32 Å². The van der Waals surface area contributed by atoms with E-state index in [2.05, 4.69) is 33.9 Å². The molecule has 2 nitrogen and oxygen atoms in total. The van der Waals surface area contributed by atoms with Crippen LogP contribution in [0.25, 0.3) is 0 Å². The molecule has 0 bridgehead atoms. The molecule has 0 aliphatic heterocycles. The predicted octanol–water partition coefficient (Wildman–Crippen LogP) is 3.79. The minimum atomic E-state index is -0.0465. The van der Waals surface area contributed by atoms with Crippen molar-refractivity contribution in [3.8, 4) is 0 Å². The quantitative estimate of drug-likeness (QED) is 0.822. The normalized spacial score (nSPS) is 10.4. The molecule has 2 aromatic rings. The molecule has 0 fully saturated rings. The highest BCUT2D eigenvalue weighted by Gasteiger charge is 2.08. The van der Waals surface area contributed by atoms with Gasteiger partial charge < -0.3 is 5.32 Å². The van der Waals surface area contributed by atoms with Crippen molar-refractivity contribution in [3.05, 3.63) is 37.1 Å². The summed E-state index contributed by atoms with van der Waals surface area (Å²) in [5.41, 5.74) is 0. The molecule has 0 saturated heterocycles. The van der Waals surface area contributed by atoms with Crippen LogP contribution in [0.4, 0.5) is 0 Å². The van der Waals surface area contributed by atoms with Gasteiger partial charge in [-0.1, -0.05) is 0 Å². The Labute approximate surface area is 115 Å². The van der Waals surface area contributed by atoms with Gasteiger partial charge in [-0.2, -0.15) is 0 Å². The largest absolute Gasteiger partial charge is 0.346 e. The van der Waals surface area contributed by atoms with Crippen molar-refractivity contribution in [2.75, 3.05) is 0 Å². The molecule has 0 radical (unpaired) electrons. The summed E-state index contributed by atoms with van der Waals surface area (Å²) in [4.78, 5) is 14.3. The number of nitrogens with one attached hydrogen (secondary N) is 1. The molecule has 2 aromatic heterocycles. The minimum absolute atomic E-state index is 0.0465. The maximum atomic E-state index is 11.7. The third-order valence-electron chi connectivity index (χ3n) is 1.85. The van der Waals surface area contributed by atoms with E-state index in [9.17, 15) is 4.79 Å². The lowest BCUT2D eigenvalue weighted by atomic mass is 10.4. The first-order valence-electron chi connectivity index (χ1n) is 4.44. The van der Waals surface area contributed by atoms with E-state index in [4.69, 9.17) is 0 Å². The van der Waals surface area contributed by atoms with Gasteiger partial charge in [-0.25, -0.2) is 0 Å². The van der Waals surface area contributed by atoms with E-state index in [1.54, 1.807) is 17.4 Å². The number of hydrogen-bond acceptors (Lipinski definition) is 4. The molecular weight excluding hydrogens is 326 g/mol. The second-order valence-electron chi connectivity index (χ2n) is 3.08. The lowest BCUT2D eigenvalue weighted by Gasteiger charge is -2.00. The van der Waals surface area contributed by atoms with Gasteiger partial charge in [0.05, 0.1) is 11.4 Å². The van der Waals surface area contributed by atoms with Crippen LogP contribution in [0.15, 0.2) is 32.3 Å². The number of thiophene rings is 2. The highest BCUT2D eigenvalue weighted by molar-refractivity contribution is 9.10. The molecule has 0 aliphatic rings. The number of carbonyl (C=O) groups excluding carboxylic acids is 1. The summed E-state index contributed by atoms with van der Waals surface area (Å²) in [6, 6.07) is 3.77. The third-order valence-corrected chi connectivity index (χ3v) is 4.91. The number of amides is 1. The summed E-state index contributed by atoms with van der Waals surface area (Å²) in [6.45, 7) is 0.564. The highest BCUT2D eigenvalue weighted by Crippen LogP contribution is 2.20. The molecule has 6 heteroatoms. The van der Waals surface area contributed by atoms with Gasteiger partial charge in [-0.3, -0.25) is 4.79 Å². The van der Waals surface area contributed by atoms with Crippen LogP contribution in [0.3, 0.4) is 0 Å². The molecule has 0 atom stereocenters. The van der Waals surface area contributed by atoms with Gasteiger partial charge in [0, 0.05) is 25.0 Å². The van der Waals surface area contributed by atoms with E-state index in [1.165, 1.54) is 11.3 Å². The van der Waals surface area contributed by atoms with Crippen LogP contribution in [0.1, 0.15) is 14.5 Å². The van der Waals surface area contributed by atoms with E-state index < -0.39 is 0 Å².